The number of fused-ring (bicyclic) bond motifs is 1. The number of esters is 1. The van der Waals surface area contributed by atoms with Crippen LogP contribution in [0.1, 0.15) is 36.2 Å². The van der Waals surface area contributed by atoms with Gasteiger partial charge in [0.2, 0.25) is 0 Å². The molecule has 1 aliphatic rings. The van der Waals surface area contributed by atoms with Crippen LogP contribution in [0.4, 0.5) is 0 Å². The molecule has 0 N–H and O–H groups in total. The average molecular weight is 353 g/mol. The van der Waals surface area contributed by atoms with E-state index in [9.17, 15) is 14.9 Å². The SMILES string of the molecule is CCCN1C(=O)c2cc(Cl)c(Cl)cc2/C1=C(\C#N)C(=O)OCC. The van der Waals surface area contributed by atoms with Gasteiger partial charge in [-0.1, -0.05) is 30.1 Å². The standard InChI is InChI=1S/C16H14Cl2N2O3/c1-3-5-20-14(11(8-19)16(22)23-4-2)9-6-12(17)13(18)7-10(9)15(20)21/h6-7H,3-5H2,1-2H3/b14-11-. The number of hydrogen-bond acceptors (Lipinski definition) is 4. The maximum atomic E-state index is 12.6. The molecule has 0 aliphatic carbocycles. The molecule has 0 aromatic heterocycles. The molecule has 1 heterocycles. The predicted octanol–water partition coefficient (Wildman–Crippen LogP) is 3.66. The van der Waals surface area contributed by atoms with Gasteiger partial charge in [-0.15, -0.1) is 0 Å². The lowest BCUT2D eigenvalue weighted by Crippen LogP contribution is -2.26. The van der Waals surface area contributed by atoms with Crippen LogP contribution in [0.5, 0.6) is 0 Å². The molecule has 0 bridgehead atoms. The lowest BCUT2D eigenvalue weighted by Gasteiger charge is -2.18. The highest BCUT2D eigenvalue weighted by atomic mass is 35.5. The number of nitriles is 1. The van der Waals surface area contributed by atoms with Crippen molar-refractivity contribution in [2.75, 3.05) is 13.2 Å². The number of amides is 1. The van der Waals surface area contributed by atoms with E-state index in [1.165, 1.54) is 17.0 Å². The van der Waals surface area contributed by atoms with E-state index in [0.717, 1.165) is 0 Å². The molecule has 0 spiro atoms. The minimum Gasteiger partial charge on any atom is -0.462 e. The Labute approximate surface area is 144 Å². The van der Waals surface area contributed by atoms with Crippen molar-refractivity contribution < 1.29 is 14.3 Å². The van der Waals surface area contributed by atoms with E-state index in [1.54, 1.807) is 6.92 Å². The van der Waals surface area contributed by atoms with Crippen molar-refractivity contribution in [2.45, 2.75) is 20.3 Å². The van der Waals surface area contributed by atoms with Crippen LogP contribution in [-0.2, 0) is 9.53 Å². The van der Waals surface area contributed by atoms with Gasteiger partial charge in [0.05, 0.1) is 27.9 Å². The van der Waals surface area contributed by atoms with E-state index in [-0.39, 0.29) is 33.8 Å². The largest absolute Gasteiger partial charge is 0.462 e. The van der Waals surface area contributed by atoms with Crippen LogP contribution < -0.4 is 0 Å². The van der Waals surface area contributed by atoms with Gasteiger partial charge in [0.25, 0.3) is 5.91 Å². The first-order valence-electron chi connectivity index (χ1n) is 7.08. The highest BCUT2D eigenvalue weighted by Crippen LogP contribution is 2.39. The molecular weight excluding hydrogens is 339 g/mol. The van der Waals surface area contributed by atoms with Crippen LogP contribution in [0.3, 0.4) is 0 Å². The molecule has 0 unspecified atom stereocenters. The minimum atomic E-state index is -0.766. The number of carbonyl (C=O) groups excluding carboxylic acids is 2. The number of ether oxygens (including phenoxy) is 1. The summed E-state index contributed by atoms with van der Waals surface area (Å²) >= 11 is 12.0. The van der Waals surface area contributed by atoms with Gasteiger partial charge < -0.3 is 9.64 Å². The molecule has 7 heteroatoms. The lowest BCUT2D eigenvalue weighted by molar-refractivity contribution is -0.137. The smallest absolute Gasteiger partial charge is 0.351 e. The molecule has 2 rings (SSSR count). The third kappa shape index (κ3) is 3.05. The second-order valence-electron chi connectivity index (χ2n) is 4.82. The second-order valence-corrected chi connectivity index (χ2v) is 5.64. The van der Waals surface area contributed by atoms with Crippen molar-refractivity contribution >= 4 is 40.8 Å². The Morgan fingerprint density at radius 2 is 1.87 bits per heavy atom. The quantitative estimate of drug-likeness (QED) is 0.471. The van der Waals surface area contributed by atoms with Gasteiger partial charge >= 0.3 is 5.97 Å². The topological polar surface area (TPSA) is 70.4 Å². The Morgan fingerprint density at radius 1 is 1.26 bits per heavy atom. The van der Waals surface area contributed by atoms with E-state index in [0.29, 0.717) is 24.1 Å². The van der Waals surface area contributed by atoms with Gasteiger partial charge in [-0.2, -0.15) is 5.26 Å². The number of hydrogen-bond donors (Lipinski definition) is 0. The average Bonchev–Trinajstić information content (AvgIpc) is 2.75. The molecule has 120 valence electrons. The van der Waals surface area contributed by atoms with Crippen LogP contribution in [0.2, 0.25) is 10.0 Å². The Balaban J connectivity index is 2.74. The Hall–Kier alpha value is -2.03. The highest BCUT2D eigenvalue weighted by molar-refractivity contribution is 6.42. The summed E-state index contributed by atoms with van der Waals surface area (Å²) in [5.41, 5.74) is 0.750. The van der Waals surface area contributed by atoms with Crippen LogP contribution in [0.15, 0.2) is 17.7 Å². The fraction of sp³-hybridized carbons (Fsp3) is 0.312. The zero-order valence-corrected chi connectivity index (χ0v) is 14.2. The summed E-state index contributed by atoms with van der Waals surface area (Å²) in [6, 6.07) is 4.80. The Kier molecular flexibility index (Phi) is 5.30. The van der Waals surface area contributed by atoms with Gasteiger partial charge in [-0.05, 0) is 25.5 Å². The molecule has 0 atom stereocenters. The summed E-state index contributed by atoms with van der Waals surface area (Å²) < 4.78 is 4.92. The minimum absolute atomic E-state index is 0.132. The summed E-state index contributed by atoms with van der Waals surface area (Å²) in [4.78, 5) is 26.1. The van der Waals surface area contributed by atoms with Crippen LogP contribution >= 0.6 is 23.2 Å². The third-order valence-electron chi connectivity index (χ3n) is 3.34. The van der Waals surface area contributed by atoms with Crippen molar-refractivity contribution in [1.29, 1.82) is 5.26 Å². The molecule has 5 nitrogen and oxygen atoms in total. The zero-order chi connectivity index (χ0) is 17.1. The maximum Gasteiger partial charge on any atom is 0.351 e. The lowest BCUT2D eigenvalue weighted by atomic mass is 10.0. The van der Waals surface area contributed by atoms with Gasteiger partial charge in [0.1, 0.15) is 6.07 Å². The normalized spacial score (nSPS) is 15.3. The molecule has 0 saturated carbocycles. The maximum absolute atomic E-state index is 12.6. The van der Waals surface area contributed by atoms with E-state index in [2.05, 4.69) is 0 Å². The summed E-state index contributed by atoms with van der Waals surface area (Å²) in [6.45, 7) is 4.03. The molecule has 1 amide bonds. The van der Waals surface area contributed by atoms with E-state index >= 15 is 0 Å². The molecule has 0 saturated heterocycles. The fourth-order valence-corrected chi connectivity index (χ4v) is 2.74. The molecule has 0 radical (unpaired) electrons. The first-order chi connectivity index (χ1) is 11.0. The number of benzene rings is 1. The first kappa shape index (κ1) is 17.3. The highest BCUT2D eigenvalue weighted by Gasteiger charge is 2.37. The van der Waals surface area contributed by atoms with Gasteiger partial charge in [0, 0.05) is 12.1 Å². The molecule has 1 aromatic rings. The van der Waals surface area contributed by atoms with Crippen molar-refractivity contribution in [1.82, 2.24) is 4.90 Å². The first-order valence-corrected chi connectivity index (χ1v) is 7.84. The van der Waals surface area contributed by atoms with Crippen LogP contribution in [0.25, 0.3) is 5.70 Å². The molecule has 1 aromatic carbocycles. The molecule has 0 fully saturated rings. The number of halogens is 2. The summed E-state index contributed by atoms with van der Waals surface area (Å²) in [5.74, 6) is -1.08. The molecule has 1 aliphatic heterocycles. The van der Waals surface area contributed by atoms with E-state index in [1.807, 2.05) is 13.0 Å². The third-order valence-corrected chi connectivity index (χ3v) is 4.06. The van der Waals surface area contributed by atoms with Crippen LogP contribution in [0, 0.1) is 11.3 Å². The van der Waals surface area contributed by atoms with E-state index < -0.39 is 5.97 Å². The summed E-state index contributed by atoms with van der Waals surface area (Å²) in [6.07, 6.45) is 0.659. The summed E-state index contributed by atoms with van der Waals surface area (Å²) in [7, 11) is 0. The molecule has 23 heavy (non-hydrogen) atoms. The summed E-state index contributed by atoms with van der Waals surface area (Å²) in [5, 5.41) is 9.89. The van der Waals surface area contributed by atoms with Crippen molar-refractivity contribution in [2.24, 2.45) is 0 Å². The van der Waals surface area contributed by atoms with E-state index in [4.69, 9.17) is 27.9 Å². The second kappa shape index (κ2) is 7.03. The zero-order valence-electron chi connectivity index (χ0n) is 12.7. The van der Waals surface area contributed by atoms with Crippen molar-refractivity contribution in [3.63, 3.8) is 0 Å². The Morgan fingerprint density at radius 3 is 2.39 bits per heavy atom. The monoisotopic (exact) mass is 352 g/mol. The van der Waals surface area contributed by atoms with Gasteiger partial charge in [-0.25, -0.2) is 4.79 Å². The molecular formula is C16H14Cl2N2O3. The van der Waals surface area contributed by atoms with Crippen molar-refractivity contribution in [3.05, 3.63) is 38.9 Å². The van der Waals surface area contributed by atoms with Gasteiger partial charge in [0.15, 0.2) is 5.57 Å². The fourth-order valence-electron chi connectivity index (χ4n) is 2.42. The van der Waals surface area contributed by atoms with Crippen LogP contribution in [-0.4, -0.2) is 29.9 Å². The van der Waals surface area contributed by atoms with Gasteiger partial charge in [-0.3, -0.25) is 4.79 Å². The number of rotatable bonds is 4. The predicted molar refractivity (Wildman–Crippen MR) is 87.0 cm³/mol. The number of nitrogens with zero attached hydrogens (tertiary/aromatic N) is 2. The van der Waals surface area contributed by atoms with Crippen molar-refractivity contribution in [3.8, 4) is 6.07 Å². The Bertz CT molecular complexity index is 750. The number of carbonyl (C=O) groups is 2.